The van der Waals surface area contributed by atoms with Gasteiger partial charge in [-0.15, -0.1) is 0 Å². The Balaban J connectivity index is 2.27. The van der Waals surface area contributed by atoms with Gasteiger partial charge >= 0.3 is 0 Å². The molecule has 1 saturated carbocycles. The van der Waals surface area contributed by atoms with Gasteiger partial charge in [-0.1, -0.05) is 32.1 Å². The van der Waals surface area contributed by atoms with E-state index in [0.717, 1.165) is 28.4 Å². The average Bonchev–Trinajstić information content (AvgIpc) is 2.43. The normalized spacial score (nSPS) is 17.3. The minimum Gasteiger partial charge on any atom is -0.378 e. The molecule has 0 amide bonds. The van der Waals surface area contributed by atoms with E-state index in [1.165, 1.54) is 44.9 Å². The minimum absolute atomic E-state index is 0.492. The molecule has 2 rings (SSSR count). The molecular weight excluding hydrogens is 330 g/mol. The lowest BCUT2D eigenvalue weighted by Crippen LogP contribution is -2.13. The fourth-order valence-corrected chi connectivity index (χ4v) is 3.36. The first-order valence-corrected chi connectivity index (χ1v) is 8.84. The van der Waals surface area contributed by atoms with E-state index < -0.39 is 0 Å². The van der Waals surface area contributed by atoms with Crippen molar-refractivity contribution in [2.75, 3.05) is 19.0 Å². The standard InChI is InChI=1S/C16H26BrN3O/c1-3-18-16-14(17)13(11-21-2)19-15(20-16)12-9-7-5-4-6-8-10-12/h12H,3-11H2,1-2H3,(H,18,19,20). The molecule has 1 aromatic rings. The van der Waals surface area contributed by atoms with E-state index in [4.69, 9.17) is 14.7 Å². The van der Waals surface area contributed by atoms with Gasteiger partial charge in [0.05, 0.1) is 16.8 Å². The Morgan fingerprint density at radius 3 is 2.43 bits per heavy atom. The van der Waals surface area contributed by atoms with Crippen molar-refractivity contribution in [3.63, 3.8) is 0 Å². The molecule has 0 aliphatic heterocycles. The molecule has 1 aliphatic rings. The zero-order valence-electron chi connectivity index (χ0n) is 13.1. The van der Waals surface area contributed by atoms with Gasteiger partial charge in [-0.2, -0.15) is 0 Å². The van der Waals surface area contributed by atoms with Crippen molar-refractivity contribution >= 4 is 21.7 Å². The molecule has 21 heavy (non-hydrogen) atoms. The van der Waals surface area contributed by atoms with Crippen LogP contribution in [0.2, 0.25) is 0 Å². The molecule has 1 aliphatic carbocycles. The van der Waals surface area contributed by atoms with Crippen molar-refractivity contribution < 1.29 is 4.74 Å². The average molecular weight is 356 g/mol. The summed E-state index contributed by atoms with van der Waals surface area (Å²) in [5.74, 6) is 2.38. The van der Waals surface area contributed by atoms with Crippen LogP contribution in [0.15, 0.2) is 4.47 Å². The van der Waals surface area contributed by atoms with Gasteiger partial charge in [-0.05, 0) is 35.7 Å². The maximum Gasteiger partial charge on any atom is 0.144 e. The first kappa shape index (κ1) is 16.7. The summed E-state index contributed by atoms with van der Waals surface area (Å²) in [6.45, 7) is 3.45. The van der Waals surface area contributed by atoms with Crippen molar-refractivity contribution in [1.82, 2.24) is 9.97 Å². The maximum atomic E-state index is 5.28. The Morgan fingerprint density at radius 2 is 1.81 bits per heavy atom. The molecule has 1 aromatic heterocycles. The highest BCUT2D eigenvalue weighted by Gasteiger charge is 2.20. The quantitative estimate of drug-likeness (QED) is 0.835. The van der Waals surface area contributed by atoms with Crippen LogP contribution in [0, 0.1) is 0 Å². The molecular formula is C16H26BrN3O. The molecule has 0 bridgehead atoms. The smallest absolute Gasteiger partial charge is 0.144 e. The van der Waals surface area contributed by atoms with E-state index in [0.29, 0.717) is 12.5 Å². The second-order valence-corrected chi connectivity index (χ2v) is 6.49. The molecule has 5 heteroatoms. The zero-order valence-corrected chi connectivity index (χ0v) is 14.7. The van der Waals surface area contributed by atoms with E-state index in [2.05, 4.69) is 28.2 Å². The number of methoxy groups -OCH3 is 1. The fourth-order valence-electron chi connectivity index (χ4n) is 2.93. The van der Waals surface area contributed by atoms with Gasteiger partial charge in [0.1, 0.15) is 11.6 Å². The first-order chi connectivity index (χ1) is 10.3. The predicted octanol–water partition coefficient (Wildman–Crippen LogP) is 4.65. The second-order valence-electron chi connectivity index (χ2n) is 5.70. The van der Waals surface area contributed by atoms with E-state index in [1.807, 2.05) is 0 Å². The van der Waals surface area contributed by atoms with Gasteiger partial charge in [-0.25, -0.2) is 9.97 Å². The topological polar surface area (TPSA) is 47.0 Å². The van der Waals surface area contributed by atoms with Gasteiger partial charge in [-0.3, -0.25) is 0 Å². The van der Waals surface area contributed by atoms with E-state index >= 15 is 0 Å². The highest BCUT2D eigenvalue weighted by molar-refractivity contribution is 9.10. The van der Waals surface area contributed by atoms with Gasteiger partial charge in [0.25, 0.3) is 0 Å². The summed E-state index contributed by atoms with van der Waals surface area (Å²) in [7, 11) is 1.71. The van der Waals surface area contributed by atoms with Crippen molar-refractivity contribution in [3.8, 4) is 0 Å². The number of rotatable bonds is 5. The number of nitrogens with zero attached hydrogens (tertiary/aromatic N) is 2. The number of halogens is 1. The first-order valence-electron chi connectivity index (χ1n) is 8.05. The molecule has 0 spiro atoms. The largest absolute Gasteiger partial charge is 0.378 e. The Hall–Kier alpha value is -0.680. The van der Waals surface area contributed by atoms with Gasteiger partial charge in [0.2, 0.25) is 0 Å². The zero-order chi connectivity index (χ0) is 15.1. The molecule has 1 fully saturated rings. The summed E-state index contributed by atoms with van der Waals surface area (Å²) in [4.78, 5) is 9.55. The molecule has 0 aromatic carbocycles. The lowest BCUT2D eigenvalue weighted by atomic mass is 9.90. The van der Waals surface area contributed by atoms with Crippen molar-refractivity contribution in [2.45, 2.75) is 64.4 Å². The third kappa shape index (κ3) is 4.65. The Kier molecular flexibility index (Phi) is 6.90. The van der Waals surface area contributed by atoms with Crippen LogP contribution in [0.5, 0.6) is 0 Å². The summed E-state index contributed by atoms with van der Waals surface area (Å²) in [5, 5.41) is 3.33. The number of hydrogen-bond donors (Lipinski definition) is 1. The van der Waals surface area contributed by atoms with Crippen LogP contribution in [0.1, 0.15) is 69.3 Å². The summed E-state index contributed by atoms with van der Waals surface area (Å²) in [6.07, 6.45) is 9.07. The van der Waals surface area contributed by atoms with Crippen LogP contribution in [-0.2, 0) is 11.3 Å². The Labute approximate surface area is 136 Å². The van der Waals surface area contributed by atoms with Crippen LogP contribution in [0.4, 0.5) is 5.82 Å². The summed E-state index contributed by atoms with van der Waals surface area (Å²) in [6, 6.07) is 0. The van der Waals surface area contributed by atoms with Crippen LogP contribution >= 0.6 is 15.9 Å². The van der Waals surface area contributed by atoms with Crippen molar-refractivity contribution in [1.29, 1.82) is 0 Å². The molecule has 0 atom stereocenters. The van der Waals surface area contributed by atoms with Crippen LogP contribution in [0.3, 0.4) is 0 Å². The number of aromatic nitrogens is 2. The second kappa shape index (κ2) is 8.69. The molecule has 0 saturated heterocycles. The third-order valence-electron chi connectivity index (χ3n) is 4.03. The molecule has 0 unspecified atom stereocenters. The monoisotopic (exact) mass is 355 g/mol. The number of nitrogens with one attached hydrogen (secondary N) is 1. The molecule has 1 heterocycles. The molecule has 0 radical (unpaired) electrons. The van der Waals surface area contributed by atoms with Gasteiger partial charge < -0.3 is 10.1 Å². The van der Waals surface area contributed by atoms with Gasteiger partial charge in [0.15, 0.2) is 0 Å². The van der Waals surface area contributed by atoms with E-state index in [9.17, 15) is 0 Å². The Morgan fingerprint density at radius 1 is 1.14 bits per heavy atom. The van der Waals surface area contributed by atoms with E-state index in [-0.39, 0.29) is 0 Å². The number of ether oxygens (including phenoxy) is 1. The highest BCUT2D eigenvalue weighted by Crippen LogP contribution is 2.32. The summed E-state index contributed by atoms with van der Waals surface area (Å²) in [5.41, 5.74) is 0.945. The number of hydrogen-bond acceptors (Lipinski definition) is 4. The highest BCUT2D eigenvalue weighted by atomic mass is 79.9. The lowest BCUT2D eigenvalue weighted by molar-refractivity contribution is 0.180. The Bertz CT molecular complexity index is 418. The molecule has 118 valence electrons. The van der Waals surface area contributed by atoms with Crippen molar-refractivity contribution in [2.24, 2.45) is 0 Å². The minimum atomic E-state index is 0.492. The lowest BCUT2D eigenvalue weighted by Gasteiger charge is -2.20. The molecule has 4 nitrogen and oxygen atoms in total. The van der Waals surface area contributed by atoms with Crippen molar-refractivity contribution in [3.05, 3.63) is 16.0 Å². The summed E-state index contributed by atoms with van der Waals surface area (Å²) < 4.78 is 6.21. The SMILES string of the molecule is CCNc1nc(C2CCCCCCC2)nc(COC)c1Br. The van der Waals surface area contributed by atoms with Crippen LogP contribution in [0.25, 0.3) is 0 Å². The van der Waals surface area contributed by atoms with Crippen LogP contribution < -0.4 is 5.32 Å². The third-order valence-corrected chi connectivity index (χ3v) is 4.87. The maximum absolute atomic E-state index is 5.28. The predicted molar refractivity (Wildman–Crippen MR) is 89.7 cm³/mol. The molecule has 1 N–H and O–H groups in total. The van der Waals surface area contributed by atoms with Gasteiger partial charge in [0, 0.05) is 19.6 Å². The summed E-state index contributed by atoms with van der Waals surface area (Å²) >= 11 is 3.60. The van der Waals surface area contributed by atoms with Crippen LogP contribution in [-0.4, -0.2) is 23.6 Å². The fraction of sp³-hybridized carbons (Fsp3) is 0.750. The van der Waals surface area contributed by atoms with E-state index in [1.54, 1.807) is 7.11 Å². The number of anilines is 1.